The predicted octanol–water partition coefficient (Wildman–Crippen LogP) is 3.03. The van der Waals surface area contributed by atoms with Gasteiger partial charge in [0.2, 0.25) is 5.28 Å². The highest BCUT2D eigenvalue weighted by Crippen LogP contribution is 2.17. The Kier molecular flexibility index (Phi) is 3.75. The molecular weight excluding hydrogens is 298 g/mol. The van der Waals surface area contributed by atoms with Crippen LogP contribution in [0.15, 0.2) is 18.3 Å². The summed E-state index contributed by atoms with van der Waals surface area (Å²) in [5.74, 6) is -0.141. The summed E-state index contributed by atoms with van der Waals surface area (Å²) in [4.78, 5) is 19.4. The van der Waals surface area contributed by atoms with E-state index in [1.54, 1.807) is 23.9 Å². The van der Waals surface area contributed by atoms with Gasteiger partial charge in [0, 0.05) is 19.3 Å². The molecule has 1 N–H and O–H groups in total. The second-order valence-corrected chi connectivity index (χ2v) is 4.62. The summed E-state index contributed by atoms with van der Waals surface area (Å²) in [5, 5.41) is 3.14. The summed E-state index contributed by atoms with van der Waals surface area (Å²) >= 11 is 17.1. The van der Waals surface area contributed by atoms with Crippen LogP contribution >= 0.6 is 34.8 Å². The Labute approximate surface area is 118 Å². The third-order valence-corrected chi connectivity index (χ3v) is 2.68. The average Bonchev–Trinajstić information content (AvgIpc) is 2.56. The fourth-order valence-corrected chi connectivity index (χ4v) is 2.04. The molecule has 94 valence electrons. The topological polar surface area (TPSA) is 59.8 Å². The minimum atomic E-state index is -0.366. The van der Waals surface area contributed by atoms with Crippen LogP contribution < -0.4 is 5.32 Å². The Bertz CT molecular complexity index is 591. The van der Waals surface area contributed by atoms with Gasteiger partial charge in [0.1, 0.15) is 16.7 Å². The molecule has 0 unspecified atom stereocenters. The Morgan fingerprint density at radius 2 is 2.00 bits per heavy atom. The Balaban J connectivity index is 2.23. The lowest BCUT2D eigenvalue weighted by Crippen LogP contribution is -2.16. The van der Waals surface area contributed by atoms with Gasteiger partial charge in [-0.1, -0.05) is 23.2 Å². The number of halogens is 3. The normalized spacial score (nSPS) is 10.4. The van der Waals surface area contributed by atoms with Gasteiger partial charge in [0.25, 0.3) is 5.91 Å². The van der Waals surface area contributed by atoms with E-state index in [1.807, 2.05) is 0 Å². The second-order valence-electron chi connectivity index (χ2n) is 3.45. The monoisotopic (exact) mass is 304 g/mol. The number of carbonyl (C=O) groups is 1. The number of nitrogens with one attached hydrogen (secondary N) is 1. The summed E-state index contributed by atoms with van der Waals surface area (Å²) in [6.45, 7) is 0. The number of aryl methyl sites for hydroxylation is 1. The maximum absolute atomic E-state index is 11.9. The maximum atomic E-state index is 11.9. The van der Waals surface area contributed by atoms with Crippen molar-refractivity contribution in [2.75, 3.05) is 5.32 Å². The van der Waals surface area contributed by atoms with Gasteiger partial charge in [-0.05, 0) is 17.7 Å². The van der Waals surface area contributed by atoms with E-state index in [2.05, 4.69) is 15.3 Å². The molecule has 2 aromatic rings. The van der Waals surface area contributed by atoms with Crippen molar-refractivity contribution in [2.24, 2.45) is 7.05 Å². The quantitative estimate of drug-likeness (QED) is 0.685. The van der Waals surface area contributed by atoms with E-state index in [0.717, 1.165) is 0 Å². The molecule has 18 heavy (non-hydrogen) atoms. The Hall–Kier alpha value is -1.30. The summed E-state index contributed by atoms with van der Waals surface area (Å²) in [7, 11) is 1.71. The molecule has 2 heterocycles. The number of nitrogens with zero attached hydrogens (tertiary/aromatic N) is 3. The van der Waals surface area contributed by atoms with E-state index < -0.39 is 0 Å². The van der Waals surface area contributed by atoms with Crippen LogP contribution in [0, 0.1) is 0 Å². The molecule has 2 rings (SSSR count). The molecule has 0 saturated heterocycles. The second kappa shape index (κ2) is 5.14. The van der Waals surface area contributed by atoms with Gasteiger partial charge in [-0.15, -0.1) is 0 Å². The molecule has 2 aromatic heterocycles. The first-order valence-electron chi connectivity index (χ1n) is 4.79. The smallest absolute Gasteiger partial charge is 0.273 e. The predicted molar refractivity (Wildman–Crippen MR) is 70.4 cm³/mol. The van der Waals surface area contributed by atoms with Gasteiger partial charge in [-0.2, -0.15) is 0 Å². The van der Waals surface area contributed by atoms with E-state index >= 15 is 0 Å². The number of aromatic nitrogens is 3. The molecule has 1 amide bonds. The van der Waals surface area contributed by atoms with Crippen molar-refractivity contribution in [1.29, 1.82) is 0 Å². The van der Waals surface area contributed by atoms with Crippen LogP contribution in [0.5, 0.6) is 0 Å². The summed E-state index contributed by atoms with van der Waals surface area (Å²) < 4.78 is 1.60. The molecule has 5 nitrogen and oxygen atoms in total. The highest BCUT2D eigenvalue weighted by Gasteiger charge is 2.12. The van der Waals surface area contributed by atoms with Crippen molar-refractivity contribution in [3.63, 3.8) is 0 Å². The molecular formula is C10H7Cl3N4O. The minimum absolute atomic E-state index is 0.0392. The maximum Gasteiger partial charge on any atom is 0.273 e. The molecule has 0 aliphatic rings. The largest absolute Gasteiger partial charge is 0.345 e. The Morgan fingerprint density at radius 3 is 2.56 bits per heavy atom. The van der Waals surface area contributed by atoms with Crippen molar-refractivity contribution in [1.82, 2.24) is 14.5 Å². The minimum Gasteiger partial charge on any atom is -0.345 e. The zero-order valence-electron chi connectivity index (χ0n) is 9.12. The van der Waals surface area contributed by atoms with Crippen LogP contribution in [-0.2, 0) is 7.05 Å². The molecule has 0 saturated carbocycles. The number of rotatable bonds is 2. The third-order valence-electron chi connectivity index (χ3n) is 2.11. The molecule has 0 radical (unpaired) electrons. The standard InChI is InChI=1S/C10H7Cl3N4O/c1-17-4-5(11)2-6(17)9(18)15-8-3-7(12)14-10(13)16-8/h2-4H,1H3,(H,14,15,16,18). The van der Waals surface area contributed by atoms with Crippen LogP contribution in [0.1, 0.15) is 10.5 Å². The molecule has 0 bridgehead atoms. The molecule has 0 aliphatic carbocycles. The lowest BCUT2D eigenvalue weighted by Gasteiger charge is -2.05. The van der Waals surface area contributed by atoms with E-state index in [1.165, 1.54) is 6.07 Å². The van der Waals surface area contributed by atoms with Gasteiger partial charge in [0.05, 0.1) is 5.02 Å². The van der Waals surface area contributed by atoms with E-state index in [0.29, 0.717) is 10.7 Å². The fraction of sp³-hybridized carbons (Fsp3) is 0.100. The van der Waals surface area contributed by atoms with Crippen LogP contribution in [0.3, 0.4) is 0 Å². The average molecular weight is 306 g/mol. The lowest BCUT2D eigenvalue weighted by atomic mass is 10.4. The van der Waals surface area contributed by atoms with E-state index in [-0.39, 0.29) is 22.2 Å². The van der Waals surface area contributed by atoms with E-state index in [4.69, 9.17) is 34.8 Å². The first-order chi connectivity index (χ1) is 8.45. The highest BCUT2D eigenvalue weighted by atomic mass is 35.5. The summed E-state index contributed by atoms with van der Waals surface area (Å²) in [6.07, 6.45) is 1.62. The third kappa shape index (κ3) is 2.93. The number of anilines is 1. The van der Waals surface area contributed by atoms with Crippen molar-refractivity contribution >= 4 is 46.5 Å². The van der Waals surface area contributed by atoms with Crippen LogP contribution in [0.2, 0.25) is 15.5 Å². The fourth-order valence-electron chi connectivity index (χ4n) is 1.38. The number of hydrogen-bond donors (Lipinski definition) is 1. The molecule has 0 spiro atoms. The van der Waals surface area contributed by atoms with Gasteiger partial charge < -0.3 is 9.88 Å². The van der Waals surface area contributed by atoms with Gasteiger partial charge in [0.15, 0.2) is 0 Å². The number of hydrogen-bond acceptors (Lipinski definition) is 3. The van der Waals surface area contributed by atoms with Gasteiger partial charge in [-0.25, -0.2) is 9.97 Å². The SMILES string of the molecule is Cn1cc(Cl)cc1C(=O)Nc1cc(Cl)nc(Cl)n1. The molecule has 0 aromatic carbocycles. The summed E-state index contributed by atoms with van der Waals surface area (Å²) in [5.41, 5.74) is 0.394. The van der Waals surface area contributed by atoms with E-state index in [9.17, 15) is 4.79 Å². The first-order valence-corrected chi connectivity index (χ1v) is 5.92. The highest BCUT2D eigenvalue weighted by molar-refractivity contribution is 6.32. The van der Waals surface area contributed by atoms with Crippen LogP contribution in [0.25, 0.3) is 0 Å². The number of carbonyl (C=O) groups excluding carboxylic acids is 1. The van der Waals surface area contributed by atoms with Crippen molar-refractivity contribution in [3.8, 4) is 0 Å². The lowest BCUT2D eigenvalue weighted by molar-refractivity contribution is 0.101. The van der Waals surface area contributed by atoms with Gasteiger partial charge in [-0.3, -0.25) is 4.79 Å². The van der Waals surface area contributed by atoms with Crippen molar-refractivity contribution in [2.45, 2.75) is 0 Å². The van der Waals surface area contributed by atoms with Crippen LogP contribution in [-0.4, -0.2) is 20.4 Å². The molecule has 8 heteroatoms. The molecule has 0 fully saturated rings. The number of amides is 1. The zero-order chi connectivity index (χ0) is 13.3. The van der Waals surface area contributed by atoms with Crippen molar-refractivity contribution < 1.29 is 4.79 Å². The Morgan fingerprint density at radius 1 is 1.28 bits per heavy atom. The molecule has 0 atom stereocenters. The first kappa shape index (κ1) is 13.1. The van der Waals surface area contributed by atoms with Crippen LogP contribution in [0.4, 0.5) is 5.82 Å². The van der Waals surface area contributed by atoms with Gasteiger partial charge >= 0.3 is 0 Å². The summed E-state index contributed by atoms with van der Waals surface area (Å²) in [6, 6.07) is 2.94. The van der Waals surface area contributed by atoms with Crippen molar-refractivity contribution in [3.05, 3.63) is 39.5 Å². The zero-order valence-corrected chi connectivity index (χ0v) is 11.4. The molecule has 0 aliphatic heterocycles.